The molecule has 0 saturated heterocycles. The van der Waals surface area contributed by atoms with Crippen molar-refractivity contribution in [3.63, 3.8) is 0 Å². The first kappa shape index (κ1) is 15.3. The van der Waals surface area contributed by atoms with Gasteiger partial charge in [-0.1, -0.05) is 37.2 Å². The van der Waals surface area contributed by atoms with E-state index in [0.29, 0.717) is 10.6 Å². The third kappa shape index (κ3) is 3.96. The maximum atomic E-state index is 5.33. The van der Waals surface area contributed by atoms with Crippen LogP contribution >= 0.6 is 39.9 Å². The number of aromatic nitrogens is 2. The summed E-state index contributed by atoms with van der Waals surface area (Å²) in [5.41, 5.74) is 1.27. The molecule has 0 spiro atoms. The summed E-state index contributed by atoms with van der Waals surface area (Å²) >= 11 is 10.7. The van der Waals surface area contributed by atoms with Gasteiger partial charge >= 0.3 is 0 Å². The summed E-state index contributed by atoms with van der Waals surface area (Å²) < 4.78 is 1.83. The Labute approximate surface area is 142 Å². The van der Waals surface area contributed by atoms with Gasteiger partial charge in [-0.2, -0.15) is 0 Å². The second-order valence-electron chi connectivity index (χ2n) is 5.32. The molecule has 0 amide bonds. The van der Waals surface area contributed by atoms with Crippen LogP contribution in [0.4, 0.5) is 0 Å². The lowest BCUT2D eigenvalue weighted by molar-refractivity contribution is 0.687. The van der Waals surface area contributed by atoms with Crippen molar-refractivity contribution in [2.45, 2.75) is 42.2 Å². The summed E-state index contributed by atoms with van der Waals surface area (Å²) in [4.78, 5) is 9.20. The lowest BCUT2D eigenvalue weighted by Gasteiger charge is -2.11. The number of aromatic amines is 1. The van der Waals surface area contributed by atoms with E-state index in [9.17, 15) is 0 Å². The average molecular weight is 381 g/mol. The van der Waals surface area contributed by atoms with Crippen molar-refractivity contribution < 1.29 is 0 Å². The predicted molar refractivity (Wildman–Crippen MR) is 94.3 cm³/mol. The van der Waals surface area contributed by atoms with Gasteiger partial charge in [-0.05, 0) is 52.9 Å². The molecule has 1 fully saturated rings. The van der Waals surface area contributed by atoms with E-state index in [1.165, 1.54) is 36.3 Å². The van der Waals surface area contributed by atoms with Crippen molar-refractivity contribution in [1.29, 1.82) is 0 Å². The molecule has 1 aromatic carbocycles. The third-order valence-corrected chi connectivity index (χ3v) is 6.06. The molecule has 110 valence electrons. The van der Waals surface area contributed by atoms with Crippen molar-refractivity contribution in [3.05, 3.63) is 51.0 Å². The molecule has 21 heavy (non-hydrogen) atoms. The SMILES string of the molecule is S=c1cc(C2CCCC2)[nH]c(CSc2ccccc2Br)n1. The van der Waals surface area contributed by atoms with Crippen LogP contribution in [0, 0.1) is 4.64 Å². The van der Waals surface area contributed by atoms with Gasteiger partial charge in [-0.25, -0.2) is 4.98 Å². The summed E-state index contributed by atoms with van der Waals surface area (Å²) in [7, 11) is 0. The van der Waals surface area contributed by atoms with Crippen LogP contribution in [0.25, 0.3) is 0 Å². The van der Waals surface area contributed by atoms with Crippen LogP contribution in [-0.4, -0.2) is 9.97 Å². The second kappa shape index (κ2) is 7.07. The van der Waals surface area contributed by atoms with E-state index in [1.54, 1.807) is 11.8 Å². The zero-order chi connectivity index (χ0) is 14.7. The molecule has 0 unspecified atom stereocenters. The molecule has 1 heterocycles. The van der Waals surface area contributed by atoms with Crippen LogP contribution in [0.3, 0.4) is 0 Å². The zero-order valence-electron chi connectivity index (χ0n) is 11.6. The fourth-order valence-electron chi connectivity index (χ4n) is 2.76. The van der Waals surface area contributed by atoms with E-state index in [2.05, 4.69) is 44.1 Å². The summed E-state index contributed by atoms with van der Waals surface area (Å²) in [5, 5.41) is 0. The Hall–Kier alpha value is -0.650. The molecule has 0 radical (unpaired) electrons. The molecule has 1 aliphatic rings. The van der Waals surface area contributed by atoms with Gasteiger partial charge in [0.1, 0.15) is 10.5 Å². The molecule has 1 saturated carbocycles. The Morgan fingerprint density at radius 1 is 1.29 bits per heavy atom. The Balaban J connectivity index is 1.76. The summed E-state index contributed by atoms with van der Waals surface area (Å²) in [6.07, 6.45) is 5.20. The molecule has 1 aromatic heterocycles. The van der Waals surface area contributed by atoms with E-state index in [1.807, 2.05) is 12.1 Å². The highest BCUT2D eigenvalue weighted by Crippen LogP contribution is 2.34. The number of hydrogen-bond acceptors (Lipinski definition) is 3. The van der Waals surface area contributed by atoms with Gasteiger partial charge < -0.3 is 4.98 Å². The zero-order valence-corrected chi connectivity index (χ0v) is 14.9. The topological polar surface area (TPSA) is 28.7 Å². The van der Waals surface area contributed by atoms with E-state index in [4.69, 9.17) is 12.2 Å². The predicted octanol–water partition coefficient (Wildman–Crippen LogP) is 5.85. The molecule has 2 aromatic rings. The lowest BCUT2D eigenvalue weighted by atomic mass is 10.0. The van der Waals surface area contributed by atoms with Gasteiger partial charge in [0.05, 0.1) is 5.75 Å². The number of nitrogens with zero attached hydrogens (tertiary/aromatic N) is 1. The number of benzene rings is 1. The summed E-state index contributed by atoms with van der Waals surface area (Å²) in [6.45, 7) is 0. The van der Waals surface area contributed by atoms with Crippen LogP contribution in [-0.2, 0) is 5.75 Å². The Bertz CT molecular complexity index is 678. The molecule has 1 aliphatic carbocycles. The molecule has 0 atom stereocenters. The van der Waals surface area contributed by atoms with Gasteiger partial charge in [0.25, 0.3) is 0 Å². The first-order chi connectivity index (χ1) is 10.2. The Morgan fingerprint density at radius 3 is 2.81 bits per heavy atom. The maximum Gasteiger partial charge on any atom is 0.130 e. The molecule has 5 heteroatoms. The molecule has 1 N–H and O–H groups in total. The average Bonchev–Trinajstić information content (AvgIpc) is 3.00. The Morgan fingerprint density at radius 2 is 2.05 bits per heavy atom. The van der Waals surface area contributed by atoms with E-state index < -0.39 is 0 Å². The fourth-order valence-corrected chi connectivity index (χ4v) is 4.44. The number of nitrogens with one attached hydrogen (secondary N) is 1. The number of rotatable bonds is 4. The highest BCUT2D eigenvalue weighted by molar-refractivity contribution is 9.10. The van der Waals surface area contributed by atoms with Crippen molar-refractivity contribution in [2.24, 2.45) is 0 Å². The lowest BCUT2D eigenvalue weighted by Crippen LogP contribution is -2.02. The molecule has 3 rings (SSSR count). The molecular formula is C16H17BrN2S2. The van der Waals surface area contributed by atoms with E-state index in [-0.39, 0.29) is 0 Å². The molecule has 0 bridgehead atoms. The fraction of sp³-hybridized carbons (Fsp3) is 0.375. The largest absolute Gasteiger partial charge is 0.346 e. The van der Waals surface area contributed by atoms with Crippen molar-refractivity contribution in [1.82, 2.24) is 9.97 Å². The number of hydrogen-bond donors (Lipinski definition) is 1. The molecule has 2 nitrogen and oxygen atoms in total. The van der Waals surface area contributed by atoms with Crippen LogP contribution < -0.4 is 0 Å². The normalized spacial score (nSPS) is 15.5. The van der Waals surface area contributed by atoms with Gasteiger partial charge in [-0.3, -0.25) is 0 Å². The maximum absolute atomic E-state index is 5.33. The number of H-pyrrole nitrogens is 1. The number of thioether (sulfide) groups is 1. The van der Waals surface area contributed by atoms with Crippen LogP contribution in [0.15, 0.2) is 39.7 Å². The minimum atomic E-state index is 0.641. The third-order valence-electron chi connectivity index (χ3n) is 3.81. The molecular weight excluding hydrogens is 364 g/mol. The number of halogens is 1. The first-order valence-corrected chi connectivity index (χ1v) is 9.38. The summed E-state index contributed by atoms with van der Waals surface area (Å²) in [6, 6.07) is 10.3. The minimum Gasteiger partial charge on any atom is -0.346 e. The van der Waals surface area contributed by atoms with Crippen LogP contribution in [0.2, 0.25) is 0 Å². The highest BCUT2D eigenvalue weighted by Gasteiger charge is 2.18. The van der Waals surface area contributed by atoms with E-state index >= 15 is 0 Å². The minimum absolute atomic E-state index is 0.641. The van der Waals surface area contributed by atoms with Crippen LogP contribution in [0.5, 0.6) is 0 Å². The first-order valence-electron chi connectivity index (χ1n) is 7.20. The quantitative estimate of drug-likeness (QED) is 0.532. The van der Waals surface area contributed by atoms with Crippen molar-refractivity contribution in [3.8, 4) is 0 Å². The summed E-state index contributed by atoms with van der Waals surface area (Å²) in [5.74, 6) is 2.43. The smallest absolute Gasteiger partial charge is 0.130 e. The van der Waals surface area contributed by atoms with Gasteiger partial charge in [0.15, 0.2) is 0 Å². The van der Waals surface area contributed by atoms with Gasteiger partial charge in [-0.15, -0.1) is 11.8 Å². The van der Waals surface area contributed by atoms with Gasteiger partial charge in [0.2, 0.25) is 0 Å². The van der Waals surface area contributed by atoms with Crippen molar-refractivity contribution in [2.75, 3.05) is 0 Å². The monoisotopic (exact) mass is 380 g/mol. The van der Waals surface area contributed by atoms with Crippen LogP contribution in [0.1, 0.15) is 43.1 Å². The molecule has 0 aliphatic heterocycles. The second-order valence-corrected chi connectivity index (χ2v) is 7.61. The standard InChI is InChI=1S/C16H17BrN2S2/c17-12-7-3-4-8-14(12)21-10-15-18-13(9-16(20)19-15)11-5-1-2-6-11/h3-4,7-9,11H,1-2,5-6,10H2,(H,18,19,20). The highest BCUT2D eigenvalue weighted by atomic mass is 79.9. The Kier molecular flexibility index (Phi) is 5.14. The van der Waals surface area contributed by atoms with E-state index in [0.717, 1.165) is 16.0 Å². The van der Waals surface area contributed by atoms with Crippen molar-refractivity contribution >= 4 is 39.9 Å². The van der Waals surface area contributed by atoms with Gasteiger partial charge in [0, 0.05) is 15.1 Å².